The molecule has 0 radical (unpaired) electrons. The van der Waals surface area contributed by atoms with E-state index in [1.165, 1.54) is 6.20 Å². The molecule has 2 aromatic heterocycles. The van der Waals surface area contributed by atoms with Crippen molar-refractivity contribution in [2.45, 2.75) is 13.5 Å². The standard InChI is InChI=1S/C9H9ClN4/c1-2-14-8(3-4-13-14)7-5-12-9(10)6-11-7/h3-6H,2H2,1H3. The quantitative estimate of drug-likeness (QED) is 0.759. The fourth-order valence-electron chi connectivity index (χ4n) is 1.25. The van der Waals surface area contributed by atoms with E-state index in [2.05, 4.69) is 15.1 Å². The average Bonchev–Trinajstić information content (AvgIpc) is 2.67. The van der Waals surface area contributed by atoms with Crippen LogP contribution in [0.4, 0.5) is 0 Å². The van der Waals surface area contributed by atoms with Gasteiger partial charge < -0.3 is 0 Å². The van der Waals surface area contributed by atoms with Crippen LogP contribution < -0.4 is 0 Å². The number of rotatable bonds is 2. The molecule has 0 saturated carbocycles. The Morgan fingerprint density at radius 1 is 1.36 bits per heavy atom. The number of hydrogen-bond acceptors (Lipinski definition) is 3. The second-order valence-electron chi connectivity index (χ2n) is 2.76. The third-order valence-corrected chi connectivity index (χ3v) is 2.09. The number of halogens is 1. The molecule has 2 rings (SSSR count). The van der Waals surface area contributed by atoms with Crippen molar-refractivity contribution < 1.29 is 0 Å². The summed E-state index contributed by atoms with van der Waals surface area (Å²) in [4.78, 5) is 8.15. The molecule has 0 fully saturated rings. The Balaban J connectivity index is 2.44. The highest BCUT2D eigenvalue weighted by Crippen LogP contribution is 2.15. The van der Waals surface area contributed by atoms with Gasteiger partial charge in [-0.3, -0.25) is 4.68 Å². The zero-order valence-corrected chi connectivity index (χ0v) is 8.44. The molecule has 2 aromatic rings. The van der Waals surface area contributed by atoms with E-state index in [-0.39, 0.29) is 0 Å². The molecule has 14 heavy (non-hydrogen) atoms. The highest BCUT2D eigenvalue weighted by atomic mass is 35.5. The van der Waals surface area contributed by atoms with Gasteiger partial charge in [-0.25, -0.2) is 9.97 Å². The van der Waals surface area contributed by atoms with Crippen LogP contribution in [0.5, 0.6) is 0 Å². The number of nitrogens with zero attached hydrogens (tertiary/aromatic N) is 4. The summed E-state index contributed by atoms with van der Waals surface area (Å²) in [6.45, 7) is 2.84. The van der Waals surface area contributed by atoms with Gasteiger partial charge in [0.15, 0.2) is 0 Å². The van der Waals surface area contributed by atoms with E-state index in [1.807, 2.05) is 17.7 Å². The van der Waals surface area contributed by atoms with Crippen molar-refractivity contribution in [2.24, 2.45) is 0 Å². The van der Waals surface area contributed by atoms with E-state index in [9.17, 15) is 0 Å². The van der Waals surface area contributed by atoms with Gasteiger partial charge >= 0.3 is 0 Å². The third-order valence-electron chi connectivity index (χ3n) is 1.90. The minimum Gasteiger partial charge on any atom is -0.264 e. The molecule has 0 spiro atoms. The van der Waals surface area contributed by atoms with Gasteiger partial charge in [-0.15, -0.1) is 0 Å². The van der Waals surface area contributed by atoms with E-state index in [1.54, 1.807) is 12.4 Å². The molecular weight excluding hydrogens is 200 g/mol. The first-order valence-electron chi connectivity index (χ1n) is 4.31. The van der Waals surface area contributed by atoms with Crippen LogP contribution >= 0.6 is 11.6 Å². The van der Waals surface area contributed by atoms with Crippen LogP contribution in [0.1, 0.15) is 6.92 Å². The van der Waals surface area contributed by atoms with Gasteiger partial charge in [-0.1, -0.05) is 11.6 Å². The van der Waals surface area contributed by atoms with Crippen LogP contribution in [0.2, 0.25) is 5.15 Å². The molecule has 0 aromatic carbocycles. The molecule has 5 heteroatoms. The van der Waals surface area contributed by atoms with Gasteiger partial charge in [0.1, 0.15) is 10.8 Å². The van der Waals surface area contributed by atoms with Crippen LogP contribution in [0.3, 0.4) is 0 Å². The predicted molar refractivity (Wildman–Crippen MR) is 53.9 cm³/mol. The Hall–Kier alpha value is -1.42. The van der Waals surface area contributed by atoms with Gasteiger partial charge in [0.25, 0.3) is 0 Å². The molecule has 0 atom stereocenters. The molecule has 0 saturated heterocycles. The summed E-state index contributed by atoms with van der Waals surface area (Å²) in [7, 11) is 0. The van der Waals surface area contributed by atoms with E-state index in [4.69, 9.17) is 11.6 Å². The average molecular weight is 209 g/mol. The summed E-state index contributed by atoms with van der Waals surface area (Å²) in [6, 6.07) is 1.90. The summed E-state index contributed by atoms with van der Waals surface area (Å²) < 4.78 is 1.86. The summed E-state index contributed by atoms with van der Waals surface area (Å²) in [5.41, 5.74) is 1.74. The lowest BCUT2D eigenvalue weighted by Crippen LogP contribution is -1.99. The zero-order chi connectivity index (χ0) is 9.97. The monoisotopic (exact) mass is 208 g/mol. The molecule has 0 N–H and O–H groups in total. The summed E-state index contributed by atoms with van der Waals surface area (Å²) in [5, 5.41) is 4.55. The molecule has 0 aliphatic rings. The summed E-state index contributed by atoms with van der Waals surface area (Å²) in [5.74, 6) is 0. The summed E-state index contributed by atoms with van der Waals surface area (Å²) >= 11 is 5.65. The number of hydrogen-bond donors (Lipinski definition) is 0. The third kappa shape index (κ3) is 1.61. The first-order valence-corrected chi connectivity index (χ1v) is 4.69. The molecule has 2 heterocycles. The zero-order valence-electron chi connectivity index (χ0n) is 7.68. The van der Waals surface area contributed by atoms with Crippen molar-refractivity contribution in [3.05, 3.63) is 29.8 Å². The minimum absolute atomic E-state index is 0.399. The van der Waals surface area contributed by atoms with E-state index < -0.39 is 0 Å². The lowest BCUT2D eigenvalue weighted by Gasteiger charge is -2.02. The Labute approximate surface area is 86.6 Å². The lowest BCUT2D eigenvalue weighted by molar-refractivity contribution is 0.665. The lowest BCUT2D eigenvalue weighted by atomic mass is 10.3. The van der Waals surface area contributed by atoms with Crippen molar-refractivity contribution in [3.63, 3.8) is 0 Å². The molecule has 0 unspecified atom stereocenters. The van der Waals surface area contributed by atoms with E-state index in [0.717, 1.165) is 17.9 Å². The van der Waals surface area contributed by atoms with Crippen LogP contribution in [-0.4, -0.2) is 19.7 Å². The summed E-state index contributed by atoms with van der Waals surface area (Å²) in [6.07, 6.45) is 4.92. The van der Waals surface area contributed by atoms with E-state index >= 15 is 0 Å². The van der Waals surface area contributed by atoms with Crippen molar-refractivity contribution in [1.29, 1.82) is 0 Å². The largest absolute Gasteiger partial charge is 0.264 e. The Kier molecular flexibility index (Phi) is 2.45. The maximum Gasteiger partial charge on any atom is 0.147 e. The van der Waals surface area contributed by atoms with Crippen LogP contribution in [-0.2, 0) is 6.54 Å². The van der Waals surface area contributed by atoms with Gasteiger partial charge in [0, 0.05) is 12.7 Å². The normalized spacial score (nSPS) is 10.4. The molecule has 0 bridgehead atoms. The predicted octanol–water partition coefficient (Wildman–Crippen LogP) is 2.01. The molecule has 4 nitrogen and oxygen atoms in total. The molecule has 72 valence electrons. The second kappa shape index (κ2) is 3.75. The highest BCUT2D eigenvalue weighted by molar-refractivity contribution is 6.29. The van der Waals surface area contributed by atoms with Crippen molar-refractivity contribution in [1.82, 2.24) is 19.7 Å². The molecule has 0 aliphatic carbocycles. The van der Waals surface area contributed by atoms with Gasteiger partial charge in [0.05, 0.1) is 18.1 Å². The topological polar surface area (TPSA) is 43.6 Å². The van der Waals surface area contributed by atoms with Crippen LogP contribution in [0.25, 0.3) is 11.4 Å². The minimum atomic E-state index is 0.399. The fourth-order valence-corrected chi connectivity index (χ4v) is 1.34. The molecule has 0 amide bonds. The van der Waals surface area contributed by atoms with Gasteiger partial charge in [-0.2, -0.15) is 5.10 Å². The first-order chi connectivity index (χ1) is 6.81. The SMILES string of the molecule is CCn1nccc1-c1cnc(Cl)cn1. The molecular formula is C9H9ClN4. The van der Waals surface area contributed by atoms with Crippen molar-refractivity contribution in [3.8, 4) is 11.4 Å². The number of aromatic nitrogens is 4. The molecule has 0 aliphatic heterocycles. The van der Waals surface area contributed by atoms with Crippen LogP contribution in [0, 0.1) is 0 Å². The van der Waals surface area contributed by atoms with Crippen molar-refractivity contribution >= 4 is 11.6 Å². The number of aryl methyl sites for hydroxylation is 1. The highest BCUT2D eigenvalue weighted by Gasteiger charge is 2.05. The second-order valence-corrected chi connectivity index (χ2v) is 3.14. The fraction of sp³-hybridized carbons (Fsp3) is 0.222. The van der Waals surface area contributed by atoms with Crippen LogP contribution in [0.15, 0.2) is 24.7 Å². The van der Waals surface area contributed by atoms with Gasteiger partial charge in [-0.05, 0) is 13.0 Å². The van der Waals surface area contributed by atoms with E-state index in [0.29, 0.717) is 5.15 Å². The van der Waals surface area contributed by atoms with Gasteiger partial charge in [0.2, 0.25) is 0 Å². The maximum absolute atomic E-state index is 5.65. The Morgan fingerprint density at radius 3 is 2.86 bits per heavy atom. The Morgan fingerprint density at radius 2 is 2.21 bits per heavy atom. The first kappa shape index (κ1) is 9.15. The smallest absolute Gasteiger partial charge is 0.147 e. The Bertz CT molecular complexity index is 421. The van der Waals surface area contributed by atoms with Crippen molar-refractivity contribution in [2.75, 3.05) is 0 Å². The maximum atomic E-state index is 5.65.